The van der Waals surface area contributed by atoms with Gasteiger partial charge in [-0.2, -0.15) is 0 Å². The highest BCUT2D eigenvalue weighted by Gasteiger charge is 2.11. The van der Waals surface area contributed by atoms with Crippen molar-refractivity contribution in [3.05, 3.63) is 5.89 Å². The van der Waals surface area contributed by atoms with E-state index >= 15 is 0 Å². The van der Waals surface area contributed by atoms with Crippen molar-refractivity contribution in [1.82, 2.24) is 15.5 Å². The molecule has 0 bridgehead atoms. The molecule has 0 aliphatic heterocycles. The number of hydrogen-bond acceptors (Lipinski definition) is 5. The third kappa shape index (κ3) is 8.05. The lowest BCUT2D eigenvalue weighted by molar-refractivity contribution is 0.428. The minimum absolute atomic E-state index is 0.112. The van der Waals surface area contributed by atoms with Gasteiger partial charge in [0, 0.05) is 6.54 Å². The lowest BCUT2D eigenvalue weighted by Crippen LogP contribution is -2.17. The smallest absolute Gasteiger partial charge is 0.315 e. The maximum absolute atomic E-state index is 5.57. The van der Waals surface area contributed by atoms with Crippen molar-refractivity contribution in [1.29, 1.82) is 0 Å². The van der Waals surface area contributed by atoms with Crippen molar-refractivity contribution in [3.63, 3.8) is 0 Å². The van der Waals surface area contributed by atoms with E-state index in [1.807, 2.05) is 6.92 Å². The van der Waals surface area contributed by atoms with E-state index in [1.165, 1.54) is 44.9 Å². The van der Waals surface area contributed by atoms with Crippen molar-refractivity contribution in [2.45, 2.75) is 78.2 Å². The Morgan fingerprint density at radius 3 is 2.29 bits per heavy atom. The van der Waals surface area contributed by atoms with Crippen LogP contribution >= 0.6 is 0 Å². The third-order valence-electron chi connectivity index (χ3n) is 3.63. The number of nitrogens with zero attached hydrogens (tertiary/aromatic N) is 2. The molecule has 0 amide bonds. The molecule has 1 heterocycles. The summed E-state index contributed by atoms with van der Waals surface area (Å²) < 4.78 is 5.57. The fraction of sp³-hybridized carbons (Fsp3) is 0.875. The fourth-order valence-corrected chi connectivity index (χ4v) is 2.33. The third-order valence-corrected chi connectivity index (χ3v) is 3.63. The molecule has 1 rings (SSSR count). The van der Waals surface area contributed by atoms with E-state index in [0.29, 0.717) is 11.9 Å². The molecule has 2 N–H and O–H groups in total. The molecule has 5 heteroatoms. The molecule has 1 unspecified atom stereocenters. The number of unbranched alkanes of at least 4 members (excludes halogenated alkanes) is 7. The van der Waals surface area contributed by atoms with Gasteiger partial charge in [-0.05, 0) is 19.9 Å². The number of nitrogens with one attached hydrogen (secondary N) is 2. The summed E-state index contributed by atoms with van der Waals surface area (Å²) in [6.45, 7) is 8.15. The highest BCUT2D eigenvalue weighted by Crippen LogP contribution is 2.13. The predicted molar refractivity (Wildman–Crippen MR) is 87.5 cm³/mol. The quantitative estimate of drug-likeness (QED) is 0.532. The van der Waals surface area contributed by atoms with Gasteiger partial charge in [-0.25, -0.2) is 0 Å². The van der Waals surface area contributed by atoms with Gasteiger partial charge in [0.05, 0.1) is 6.04 Å². The van der Waals surface area contributed by atoms with Crippen LogP contribution in [-0.2, 0) is 0 Å². The number of hydrogen-bond donors (Lipinski definition) is 2. The first-order chi connectivity index (χ1) is 10.3. The van der Waals surface area contributed by atoms with Crippen LogP contribution in [0.2, 0.25) is 0 Å². The van der Waals surface area contributed by atoms with E-state index in [9.17, 15) is 0 Å². The van der Waals surface area contributed by atoms with E-state index in [2.05, 4.69) is 34.7 Å². The lowest BCUT2D eigenvalue weighted by Gasteiger charge is -2.06. The van der Waals surface area contributed by atoms with Gasteiger partial charge in [-0.3, -0.25) is 0 Å². The highest BCUT2D eigenvalue weighted by molar-refractivity contribution is 5.16. The first-order valence-electron chi connectivity index (χ1n) is 8.58. The first-order valence-corrected chi connectivity index (χ1v) is 8.58. The molecule has 0 radical (unpaired) electrons. The van der Waals surface area contributed by atoms with Gasteiger partial charge in [0.2, 0.25) is 5.89 Å². The molecule has 0 spiro atoms. The Morgan fingerprint density at radius 2 is 1.62 bits per heavy atom. The van der Waals surface area contributed by atoms with Gasteiger partial charge in [-0.1, -0.05) is 63.9 Å². The van der Waals surface area contributed by atoms with E-state index in [0.717, 1.165) is 19.5 Å². The molecule has 0 saturated heterocycles. The lowest BCUT2D eigenvalue weighted by atomic mass is 10.1. The minimum Gasteiger partial charge on any atom is -0.406 e. The van der Waals surface area contributed by atoms with E-state index in [-0.39, 0.29) is 6.04 Å². The van der Waals surface area contributed by atoms with Crippen LogP contribution in [0, 0.1) is 0 Å². The molecule has 0 aliphatic rings. The molecule has 0 saturated carbocycles. The molecule has 0 aromatic carbocycles. The number of anilines is 1. The fourth-order valence-electron chi connectivity index (χ4n) is 2.33. The van der Waals surface area contributed by atoms with Crippen LogP contribution in [0.5, 0.6) is 0 Å². The maximum Gasteiger partial charge on any atom is 0.315 e. The summed E-state index contributed by atoms with van der Waals surface area (Å²) in [6.07, 6.45) is 10.6. The minimum atomic E-state index is 0.112. The maximum atomic E-state index is 5.57. The van der Waals surface area contributed by atoms with Crippen molar-refractivity contribution >= 4 is 6.01 Å². The Morgan fingerprint density at radius 1 is 0.952 bits per heavy atom. The normalized spacial score (nSPS) is 12.5. The summed E-state index contributed by atoms with van der Waals surface area (Å²) in [4.78, 5) is 0. The van der Waals surface area contributed by atoms with Crippen molar-refractivity contribution < 1.29 is 4.42 Å². The zero-order chi connectivity index (χ0) is 15.3. The average molecular weight is 296 g/mol. The second-order valence-electron chi connectivity index (χ2n) is 5.63. The van der Waals surface area contributed by atoms with Crippen LogP contribution in [0.15, 0.2) is 4.42 Å². The number of rotatable bonds is 13. The summed E-state index contributed by atoms with van der Waals surface area (Å²) in [5.74, 6) is 0.648. The van der Waals surface area contributed by atoms with E-state index in [4.69, 9.17) is 4.42 Å². The molecule has 0 aliphatic carbocycles. The topological polar surface area (TPSA) is 63.0 Å². The van der Waals surface area contributed by atoms with Gasteiger partial charge >= 0.3 is 6.01 Å². The highest BCUT2D eigenvalue weighted by atomic mass is 16.4. The van der Waals surface area contributed by atoms with Crippen LogP contribution < -0.4 is 10.6 Å². The van der Waals surface area contributed by atoms with Crippen molar-refractivity contribution in [3.8, 4) is 0 Å². The second kappa shape index (κ2) is 11.5. The molecular weight excluding hydrogens is 264 g/mol. The zero-order valence-corrected chi connectivity index (χ0v) is 14.0. The summed E-state index contributed by atoms with van der Waals surface area (Å²) in [7, 11) is 0. The van der Waals surface area contributed by atoms with Gasteiger partial charge in [-0.15, -0.1) is 5.10 Å². The zero-order valence-electron chi connectivity index (χ0n) is 14.0. The molecule has 0 fully saturated rings. The van der Waals surface area contributed by atoms with Gasteiger partial charge < -0.3 is 15.1 Å². The molecule has 1 aromatic heterocycles. The monoisotopic (exact) mass is 296 g/mol. The molecule has 1 aromatic rings. The van der Waals surface area contributed by atoms with Gasteiger partial charge in [0.1, 0.15) is 0 Å². The first kappa shape index (κ1) is 18.0. The summed E-state index contributed by atoms with van der Waals surface area (Å²) in [5.41, 5.74) is 0. The Bertz CT molecular complexity index is 354. The Hall–Kier alpha value is -1.10. The molecular formula is C16H32N4O. The Labute approximate surface area is 129 Å². The summed E-state index contributed by atoms with van der Waals surface area (Å²) in [5, 5.41) is 14.5. The second-order valence-corrected chi connectivity index (χ2v) is 5.63. The van der Waals surface area contributed by atoms with Crippen LogP contribution in [0.4, 0.5) is 6.01 Å². The van der Waals surface area contributed by atoms with E-state index < -0.39 is 0 Å². The van der Waals surface area contributed by atoms with Crippen LogP contribution in [0.25, 0.3) is 0 Å². The largest absolute Gasteiger partial charge is 0.406 e. The summed E-state index contributed by atoms with van der Waals surface area (Å²) >= 11 is 0. The van der Waals surface area contributed by atoms with Gasteiger partial charge in [0.25, 0.3) is 0 Å². The predicted octanol–water partition coefficient (Wildman–Crippen LogP) is 4.29. The van der Waals surface area contributed by atoms with Crippen molar-refractivity contribution in [2.24, 2.45) is 0 Å². The van der Waals surface area contributed by atoms with Crippen molar-refractivity contribution in [2.75, 3.05) is 18.4 Å². The molecule has 1 atom stereocenters. The number of aromatic nitrogens is 2. The molecule has 21 heavy (non-hydrogen) atoms. The standard InChI is InChI=1S/C16H32N4O/c1-4-6-7-8-9-10-11-12-13-18-16-20-19-15(21-16)14(3)17-5-2/h14,17H,4-13H2,1-3H3,(H,18,20). The Balaban J connectivity index is 2.03. The SMILES string of the molecule is CCCCCCCCCCNc1nnc(C(C)NCC)o1. The van der Waals surface area contributed by atoms with E-state index in [1.54, 1.807) is 0 Å². The average Bonchev–Trinajstić information content (AvgIpc) is 2.95. The van der Waals surface area contributed by atoms with Crippen LogP contribution in [-0.4, -0.2) is 23.3 Å². The summed E-state index contributed by atoms with van der Waals surface area (Å²) in [6, 6.07) is 0.652. The molecule has 5 nitrogen and oxygen atoms in total. The van der Waals surface area contributed by atoms with Gasteiger partial charge in [0.15, 0.2) is 0 Å². The van der Waals surface area contributed by atoms with Crippen LogP contribution in [0.1, 0.15) is 84.1 Å². The molecule has 122 valence electrons. The Kier molecular flexibility index (Phi) is 9.87. The van der Waals surface area contributed by atoms with Crippen LogP contribution in [0.3, 0.4) is 0 Å².